The molecule has 7 heteroatoms. The summed E-state index contributed by atoms with van der Waals surface area (Å²) in [5.41, 5.74) is 1.66. The number of thiophene rings is 1. The lowest BCUT2D eigenvalue weighted by molar-refractivity contribution is -0.119. The van der Waals surface area contributed by atoms with Crippen LogP contribution in [0.5, 0.6) is 0 Å². The number of hydrogen-bond donors (Lipinski definition) is 1. The first-order chi connectivity index (χ1) is 10.5. The first-order valence-electron chi connectivity index (χ1n) is 7.56. The Labute approximate surface area is 134 Å². The summed E-state index contributed by atoms with van der Waals surface area (Å²) in [6.07, 6.45) is 5.60. The second kappa shape index (κ2) is 6.01. The van der Waals surface area contributed by atoms with Crippen molar-refractivity contribution in [2.75, 3.05) is 16.8 Å². The van der Waals surface area contributed by atoms with Gasteiger partial charge in [0.15, 0.2) is 9.84 Å². The Morgan fingerprint density at radius 2 is 2.05 bits per heavy atom. The predicted octanol–water partition coefficient (Wildman–Crippen LogP) is 2.26. The van der Waals surface area contributed by atoms with Crippen molar-refractivity contribution < 1.29 is 13.2 Å². The molecule has 0 radical (unpaired) electrons. The summed E-state index contributed by atoms with van der Waals surface area (Å²) in [5.74, 6) is -0.754. The zero-order chi connectivity index (χ0) is 15.7. The lowest BCUT2D eigenvalue weighted by Crippen LogP contribution is -2.23. The molecule has 0 unspecified atom stereocenters. The monoisotopic (exact) mass is 338 g/mol. The number of nitrogens with zero attached hydrogens (tertiary/aromatic N) is 1. The Morgan fingerprint density at radius 3 is 2.73 bits per heavy atom. The number of sulfone groups is 1. The third-order valence-electron chi connectivity index (χ3n) is 4.37. The molecule has 0 aromatic carbocycles. The van der Waals surface area contributed by atoms with Gasteiger partial charge in [0, 0.05) is 4.88 Å². The highest BCUT2D eigenvalue weighted by atomic mass is 32.2. The highest BCUT2D eigenvalue weighted by Crippen LogP contribution is 2.37. The van der Waals surface area contributed by atoms with Gasteiger partial charge in [-0.05, 0) is 37.7 Å². The van der Waals surface area contributed by atoms with E-state index >= 15 is 0 Å². The Morgan fingerprint density at radius 1 is 1.27 bits per heavy atom. The van der Waals surface area contributed by atoms with E-state index in [0.717, 1.165) is 31.2 Å². The van der Waals surface area contributed by atoms with Gasteiger partial charge in [0.05, 0.1) is 23.0 Å². The van der Waals surface area contributed by atoms with Gasteiger partial charge in [-0.15, -0.1) is 11.3 Å². The zero-order valence-corrected chi connectivity index (χ0v) is 13.9. The molecule has 1 atom stereocenters. The molecule has 2 heterocycles. The van der Waals surface area contributed by atoms with Crippen LogP contribution in [0.3, 0.4) is 0 Å². The van der Waals surface area contributed by atoms with E-state index in [9.17, 15) is 18.5 Å². The topological polar surface area (TPSA) is 87.0 Å². The van der Waals surface area contributed by atoms with Crippen LogP contribution in [0.1, 0.15) is 41.7 Å². The summed E-state index contributed by atoms with van der Waals surface area (Å²) >= 11 is 1.48. The molecule has 2 aliphatic rings. The number of nitriles is 1. The molecule has 1 N–H and O–H groups in total. The minimum atomic E-state index is -3.08. The molecule has 5 nitrogen and oxygen atoms in total. The predicted molar refractivity (Wildman–Crippen MR) is 85.7 cm³/mol. The molecule has 3 rings (SSSR count). The number of hydrogen-bond acceptors (Lipinski definition) is 5. The number of carbonyl (C=O) groups is 1. The van der Waals surface area contributed by atoms with E-state index < -0.39 is 15.8 Å². The van der Waals surface area contributed by atoms with Gasteiger partial charge in [-0.25, -0.2) is 8.42 Å². The lowest BCUT2D eigenvalue weighted by Gasteiger charge is -2.08. The average Bonchev–Trinajstić information content (AvgIpc) is 2.90. The van der Waals surface area contributed by atoms with Crippen molar-refractivity contribution in [2.24, 2.45) is 5.92 Å². The number of carbonyl (C=O) groups excluding carboxylic acids is 1. The fourth-order valence-corrected chi connectivity index (χ4v) is 6.15. The molecule has 1 aromatic rings. The molecule has 1 fully saturated rings. The maximum Gasteiger partial charge on any atom is 0.229 e. The normalized spacial score (nSPS) is 23.3. The van der Waals surface area contributed by atoms with Crippen LogP contribution in [0.2, 0.25) is 0 Å². The molecule has 1 aliphatic heterocycles. The lowest BCUT2D eigenvalue weighted by atomic mass is 10.1. The largest absolute Gasteiger partial charge is 0.316 e. The maximum atomic E-state index is 12.3. The Balaban J connectivity index is 1.81. The first-order valence-corrected chi connectivity index (χ1v) is 10.2. The number of aryl methyl sites for hydroxylation is 1. The molecule has 118 valence electrons. The van der Waals surface area contributed by atoms with Crippen molar-refractivity contribution in [3.8, 4) is 6.07 Å². The smallest absolute Gasteiger partial charge is 0.229 e. The van der Waals surface area contributed by atoms with Crippen molar-refractivity contribution in [1.29, 1.82) is 5.26 Å². The number of amides is 1. The van der Waals surface area contributed by atoms with Crippen LogP contribution < -0.4 is 5.32 Å². The van der Waals surface area contributed by atoms with Crippen LogP contribution in [-0.4, -0.2) is 25.8 Å². The van der Waals surface area contributed by atoms with Crippen LogP contribution in [-0.2, 0) is 27.5 Å². The fourth-order valence-electron chi connectivity index (χ4n) is 3.16. The minimum absolute atomic E-state index is 0.0776. The standard InChI is InChI=1S/C15H18N2O3S2/c16-8-12-11-4-2-1-3-5-13(11)21-15(12)17-14(18)10-6-7-22(19,20)9-10/h10H,1-7,9H2,(H,17,18)/t10-/m1/s1. The molecule has 22 heavy (non-hydrogen) atoms. The molecule has 0 bridgehead atoms. The molecular weight excluding hydrogens is 320 g/mol. The molecule has 1 saturated heterocycles. The van der Waals surface area contributed by atoms with Crippen LogP contribution in [0.25, 0.3) is 0 Å². The SMILES string of the molecule is N#Cc1c(NC(=O)[C@@H]2CCS(=O)(=O)C2)sc2c1CCCCC2. The Kier molecular flexibility index (Phi) is 4.24. The molecule has 0 saturated carbocycles. The molecule has 1 aliphatic carbocycles. The van der Waals surface area contributed by atoms with Crippen molar-refractivity contribution in [1.82, 2.24) is 0 Å². The molecular formula is C15H18N2O3S2. The summed E-state index contributed by atoms with van der Waals surface area (Å²) in [6.45, 7) is 0. The molecule has 0 spiro atoms. The van der Waals surface area contributed by atoms with Gasteiger partial charge >= 0.3 is 0 Å². The van der Waals surface area contributed by atoms with E-state index in [-0.39, 0.29) is 17.4 Å². The summed E-state index contributed by atoms with van der Waals surface area (Å²) in [4.78, 5) is 13.5. The van der Waals surface area contributed by atoms with Crippen molar-refractivity contribution >= 4 is 32.1 Å². The van der Waals surface area contributed by atoms with E-state index in [0.29, 0.717) is 17.0 Å². The molecule has 1 amide bonds. The zero-order valence-electron chi connectivity index (χ0n) is 12.2. The second-order valence-electron chi connectivity index (χ2n) is 5.97. The average molecular weight is 338 g/mol. The summed E-state index contributed by atoms with van der Waals surface area (Å²) in [6, 6.07) is 2.22. The fraction of sp³-hybridized carbons (Fsp3) is 0.600. The quantitative estimate of drug-likeness (QED) is 0.838. The van der Waals surface area contributed by atoms with E-state index in [1.165, 1.54) is 22.6 Å². The van der Waals surface area contributed by atoms with Crippen LogP contribution in [0.4, 0.5) is 5.00 Å². The highest BCUT2D eigenvalue weighted by Gasteiger charge is 2.33. The third kappa shape index (κ3) is 3.03. The molecule has 1 aromatic heterocycles. The van der Waals surface area contributed by atoms with Crippen molar-refractivity contribution in [3.05, 3.63) is 16.0 Å². The van der Waals surface area contributed by atoms with E-state index in [2.05, 4.69) is 11.4 Å². The van der Waals surface area contributed by atoms with Gasteiger partial charge in [0.25, 0.3) is 0 Å². The van der Waals surface area contributed by atoms with Crippen LogP contribution in [0.15, 0.2) is 0 Å². The van der Waals surface area contributed by atoms with Gasteiger partial charge < -0.3 is 5.32 Å². The number of anilines is 1. The second-order valence-corrected chi connectivity index (χ2v) is 9.30. The minimum Gasteiger partial charge on any atom is -0.316 e. The maximum absolute atomic E-state index is 12.3. The van der Waals surface area contributed by atoms with Crippen LogP contribution >= 0.6 is 11.3 Å². The number of rotatable bonds is 2. The van der Waals surface area contributed by atoms with E-state index in [1.807, 2.05) is 0 Å². The van der Waals surface area contributed by atoms with Crippen LogP contribution in [0, 0.1) is 17.2 Å². The summed E-state index contributed by atoms with van der Waals surface area (Å²) in [5, 5.41) is 12.8. The van der Waals surface area contributed by atoms with Gasteiger partial charge in [-0.2, -0.15) is 5.26 Å². The van der Waals surface area contributed by atoms with E-state index in [4.69, 9.17) is 0 Å². The number of nitrogens with one attached hydrogen (secondary N) is 1. The third-order valence-corrected chi connectivity index (χ3v) is 7.35. The highest BCUT2D eigenvalue weighted by molar-refractivity contribution is 7.91. The van der Waals surface area contributed by atoms with Crippen molar-refractivity contribution in [3.63, 3.8) is 0 Å². The van der Waals surface area contributed by atoms with Gasteiger partial charge in [-0.3, -0.25) is 4.79 Å². The van der Waals surface area contributed by atoms with E-state index in [1.54, 1.807) is 0 Å². The van der Waals surface area contributed by atoms with Gasteiger partial charge in [0.1, 0.15) is 11.1 Å². The number of fused-ring (bicyclic) bond motifs is 1. The van der Waals surface area contributed by atoms with Gasteiger partial charge in [0.2, 0.25) is 5.91 Å². The first kappa shape index (κ1) is 15.5. The summed E-state index contributed by atoms with van der Waals surface area (Å²) < 4.78 is 23.0. The Bertz CT molecular complexity index is 744. The van der Waals surface area contributed by atoms with Crippen molar-refractivity contribution in [2.45, 2.75) is 38.5 Å². The van der Waals surface area contributed by atoms with Gasteiger partial charge in [-0.1, -0.05) is 6.42 Å². The summed E-state index contributed by atoms with van der Waals surface area (Å²) in [7, 11) is -3.08. The Hall–Kier alpha value is -1.39.